The fraction of sp³-hybridized carbons (Fsp3) is 0.273. The van der Waals surface area contributed by atoms with Crippen molar-refractivity contribution < 1.29 is 19.0 Å². The van der Waals surface area contributed by atoms with Crippen LogP contribution in [0.5, 0.6) is 11.5 Å². The first-order chi connectivity index (χ1) is 13.7. The smallest absolute Gasteiger partial charge is 0.150 e. The molecular formula is C22H22N2O4. The number of ether oxygens (including phenoxy) is 3. The quantitative estimate of drug-likeness (QED) is 0.686. The van der Waals surface area contributed by atoms with E-state index in [0.717, 1.165) is 39.9 Å². The summed E-state index contributed by atoms with van der Waals surface area (Å²) in [6.07, 6.45) is 0.363. The maximum Gasteiger partial charge on any atom is 0.150 e. The van der Waals surface area contributed by atoms with Gasteiger partial charge in [-0.15, -0.1) is 0 Å². The number of nitrogens with zero attached hydrogens (tertiary/aromatic N) is 1. The number of carbonyl (C=O) groups excluding carboxylic acids is 1. The van der Waals surface area contributed by atoms with Gasteiger partial charge in [0.1, 0.15) is 17.6 Å². The number of carbonyl (C=O) groups is 1. The van der Waals surface area contributed by atoms with Gasteiger partial charge in [0.2, 0.25) is 0 Å². The molecule has 1 aromatic heterocycles. The van der Waals surface area contributed by atoms with E-state index in [9.17, 15) is 4.79 Å². The summed E-state index contributed by atoms with van der Waals surface area (Å²) in [5.41, 5.74) is 3.05. The molecule has 1 aliphatic rings. The standard InChI is InChI=1S/C22H22N2O4/c1-26-15-7-8-20(27-2)17(10-15)21-11-23-12-22(28-21)19-9-14(13-25)16-5-3-4-6-18(16)24-19/h3-10,13,21-23H,11-12H2,1-2H3. The molecule has 0 amide bonds. The fourth-order valence-electron chi connectivity index (χ4n) is 3.57. The molecule has 0 bridgehead atoms. The van der Waals surface area contributed by atoms with Crippen molar-refractivity contribution in [1.29, 1.82) is 0 Å². The lowest BCUT2D eigenvalue weighted by atomic mass is 10.0. The minimum atomic E-state index is -0.280. The van der Waals surface area contributed by atoms with Crippen molar-refractivity contribution >= 4 is 17.2 Å². The van der Waals surface area contributed by atoms with Gasteiger partial charge >= 0.3 is 0 Å². The Kier molecular flexibility index (Phi) is 5.23. The van der Waals surface area contributed by atoms with Gasteiger partial charge in [-0.3, -0.25) is 4.79 Å². The molecule has 2 unspecified atom stereocenters. The zero-order valence-electron chi connectivity index (χ0n) is 15.8. The van der Waals surface area contributed by atoms with Crippen molar-refractivity contribution in [3.63, 3.8) is 0 Å². The Morgan fingerprint density at radius 2 is 1.89 bits per heavy atom. The van der Waals surface area contributed by atoms with E-state index >= 15 is 0 Å². The molecule has 0 spiro atoms. The normalized spacial score (nSPS) is 19.4. The molecule has 2 heterocycles. The number of methoxy groups -OCH3 is 2. The summed E-state index contributed by atoms with van der Waals surface area (Å²) in [6.45, 7) is 1.26. The van der Waals surface area contributed by atoms with Crippen LogP contribution in [0.15, 0.2) is 48.5 Å². The molecule has 0 saturated carbocycles. The molecule has 1 aliphatic heterocycles. The Bertz CT molecular complexity index is 1000. The van der Waals surface area contributed by atoms with E-state index in [2.05, 4.69) is 5.32 Å². The number of pyridine rings is 1. The highest BCUT2D eigenvalue weighted by Gasteiger charge is 2.28. The van der Waals surface area contributed by atoms with E-state index in [4.69, 9.17) is 19.2 Å². The zero-order valence-corrected chi connectivity index (χ0v) is 15.8. The molecule has 1 saturated heterocycles. The number of aldehydes is 1. The number of hydrogen-bond acceptors (Lipinski definition) is 6. The Hall–Kier alpha value is -2.96. The average molecular weight is 378 g/mol. The Balaban J connectivity index is 1.68. The maximum absolute atomic E-state index is 11.6. The molecule has 2 atom stereocenters. The third-order valence-corrected chi connectivity index (χ3v) is 5.00. The van der Waals surface area contributed by atoms with Gasteiger partial charge in [0.25, 0.3) is 0 Å². The molecule has 28 heavy (non-hydrogen) atoms. The van der Waals surface area contributed by atoms with Gasteiger partial charge < -0.3 is 19.5 Å². The van der Waals surface area contributed by atoms with Crippen molar-refractivity contribution in [1.82, 2.24) is 10.3 Å². The molecule has 1 fully saturated rings. The van der Waals surface area contributed by atoms with E-state index in [-0.39, 0.29) is 12.2 Å². The second-order valence-corrected chi connectivity index (χ2v) is 6.65. The molecule has 1 N–H and O–H groups in total. The molecule has 2 aromatic carbocycles. The highest BCUT2D eigenvalue weighted by molar-refractivity contribution is 5.96. The number of benzene rings is 2. The number of rotatable bonds is 5. The molecule has 144 valence electrons. The molecule has 6 heteroatoms. The number of morpholine rings is 1. The first-order valence-corrected chi connectivity index (χ1v) is 9.16. The second kappa shape index (κ2) is 7.96. The van der Waals surface area contributed by atoms with Crippen molar-refractivity contribution in [2.75, 3.05) is 27.3 Å². The topological polar surface area (TPSA) is 69.7 Å². The van der Waals surface area contributed by atoms with Crippen LogP contribution in [0, 0.1) is 0 Å². The van der Waals surface area contributed by atoms with E-state index in [0.29, 0.717) is 18.7 Å². The summed E-state index contributed by atoms with van der Waals surface area (Å²) in [5, 5.41) is 4.25. The molecular weight excluding hydrogens is 356 g/mol. The summed E-state index contributed by atoms with van der Waals surface area (Å²) in [4.78, 5) is 16.3. The van der Waals surface area contributed by atoms with Crippen LogP contribution in [-0.4, -0.2) is 38.6 Å². The van der Waals surface area contributed by atoms with Crippen LogP contribution in [0.2, 0.25) is 0 Å². The second-order valence-electron chi connectivity index (χ2n) is 6.65. The van der Waals surface area contributed by atoms with Crippen LogP contribution in [0.3, 0.4) is 0 Å². The van der Waals surface area contributed by atoms with Crippen LogP contribution in [0.25, 0.3) is 10.9 Å². The molecule has 3 aromatic rings. The lowest BCUT2D eigenvalue weighted by Gasteiger charge is -2.32. The van der Waals surface area contributed by atoms with Gasteiger partial charge in [0.15, 0.2) is 6.29 Å². The van der Waals surface area contributed by atoms with Crippen molar-refractivity contribution in [3.8, 4) is 11.5 Å². The van der Waals surface area contributed by atoms with Crippen LogP contribution in [-0.2, 0) is 4.74 Å². The van der Waals surface area contributed by atoms with Crippen LogP contribution in [0.1, 0.15) is 33.8 Å². The fourth-order valence-corrected chi connectivity index (χ4v) is 3.57. The SMILES string of the molecule is COc1ccc(OC)c(C2CNCC(c3cc(C=O)c4ccccc4n3)O2)c1. The molecule has 0 radical (unpaired) electrons. The van der Waals surface area contributed by atoms with Gasteiger partial charge in [0.05, 0.1) is 31.5 Å². The van der Waals surface area contributed by atoms with E-state index in [1.165, 1.54) is 0 Å². The highest BCUT2D eigenvalue weighted by Crippen LogP contribution is 2.36. The van der Waals surface area contributed by atoms with Crippen molar-refractivity contribution in [3.05, 3.63) is 65.4 Å². The van der Waals surface area contributed by atoms with Gasteiger partial charge in [-0.1, -0.05) is 18.2 Å². The summed E-state index contributed by atoms with van der Waals surface area (Å²) in [7, 11) is 3.27. The third kappa shape index (κ3) is 3.44. The monoisotopic (exact) mass is 378 g/mol. The number of fused-ring (bicyclic) bond motifs is 1. The van der Waals surface area contributed by atoms with Crippen molar-refractivity contribution in [2.45, 2.75) is 12.2 Å². The Labute approximate surface area is 163 Å². The van der Waals surface area contributed by atoms with Gasteiger partial charge in [-0.05, 0) is 30.3 Å². The highest BCUT2D eigenvalue weighted by atomic mass is 16.5. The lowest BCUT2D eigenvalue weighted by molar-refractivity contribution is -0.0434. The first-order valence-electron chi connectivity index (χ1n) is 9.16. The van der Waals surface area contributed by atoms with E-state index in [1.807, 2.05) is 48.5 Å². The number of aromatic nitrogens is 1. The number of para-hydroxylation sites is 1. The summed E-state index contributed by atoms with van der Waals surface area (Å²) in [6, 6.07) is 15.1. The van der Waals surface area contributed by atoms with Gasteiger partial charge in [0, 0.05) is 29.6 Å². The minimum absolute atomic E-state index is 0.225. The van der Waals surface area contributed by atoms with Gasteiger partial charge in [-0.2, -0.15) is 0 Å². The van der Waals surface area contributed by atoms with Gasteiger partial charge in [-0.25, -0.2) is 4.98 Å². The van der Waals surface area contributed by atoms with Crippen LogP contribution in [0.4, 0.5) is 0 Å². The van der Waals surface area contributed by atoms with Crippen LogP contribution < -0.4 is 14.8 Å². The zero-order chi connectivity index (χ0) is 19.5. The number of nitrogens with one attached hydrogen (secondary N) is 1. The Morgan fingerprint density at radius 3 is 2.68 bits per heavy atom. The van der Waals surface area contributed by atoms with E-state index < -0.39 is 0 Å². The van der Waals surface area contributed by atoms with Crippen molar-refractivity contribution in [2.24, 2.45) is 0 Å². The minimum Gasteiger partial charge on any atom is -0.497 e. The first kappa shape index (κ1) is 18.4. The summed E-state index contributed by atoms with van der Waals surface area (Å²) < 4.78 is 17.2. The summed E-state index contributed by atoms with van der Waals surface area (Å²) >= 11 is 0. The molecule has 6 nitrogen and oxygen atoms in total. The average Bonchev–Trinajstić information content (AvgIpc) is 2.77. The lowest BCUT2D eigenvalue weighted by Crippen LogP contribution is -2.36. The molecule has 4 rings (SSSR count). The predicted molar refractivity (Wildman–Crippen MR) is 106 cm³/mol. The third-order valence-electron chi connectivity index (χ3n) is 5.00. The van der Waals surface area contributed by atoms with E-state index in [1.54, 1.807) is 14.2 Å². The predicted octanol–water partition coefficient (Wildman–Crippen LogP) is 3.47. The largest absolute Gasteiger partial charge is 0.497 e. The number of hydrogen-bond donors (Lipinski definition) is 1. The maximum atomic E-state index is 11.6. The van der Waals surface area contributed by atoms with Crippen LogP contribution >= 0.6 is 0 Å². The summed E-state index contributed by atoms with van der Waals surface area (Å²) in [5.74, 6) is 1.49. The molecule has 0 aliphatic carbocycles. The Morgan fingerprint density at radius 1 is 1.07 bits per heavy atom.